The fourth-order valence-corrected chi connectivity index (χ4v) is 2.74. The molecule has 2 aliphatic rings. The minimum absolute atomic E-state index is 0. The first kappa shape index (κ1) is 17.2. The van der Waals surface area contributed by atoms with E-state index < -0.39 is 0 Å². The number of carbonyl (C=O) groups is 2. The number of hydrogen-bond acceptors (Lipinski definition) is 4. The second kappa shape index (κ2) is 8.44. The third-order valence-corrected chi connectivity index (χ3v) is 3.89. The van der Waals surface area contributed by atoms with Gasteiger partial charge < -0.3 is 20.3 Å². The molecule has 0 aromatic rings. The Hall–Kier alpha value is -0.850. The van der Waals surface area contributed by atoms with Crippen LogP contribution in [-0.2, 0) is 14.3 Å². The van der Waals surface area contributed by atoms with Crippen LogP contribution in [0.1, 0.15) is 25.7 Å². The maximum atomic E-state index is 12.1. The van der Waals surface area contributed by atoms with Crippen molar-refractivity contribution in [1.82, 2.24) is 9.80 Å². The fourth-order valence-electron chi connectivity index (χ4n) is 2.74. The molecule has 0 saturated carbocycles. The van der Waals surface area contributed by atoms with Crippen LogP contribution in [0.25, 0.3) is 0 Å². The van der Waals surface area contributed by atoms with Gasteiger partial charge in [0.15, 0.2) is 0 Å². The van der Waals surface area contributed by atoms with Gasteiger partial charge in [0.1, 0.15) is 0 Å². The van der Waals surface area contributed by atoms with Gasteiger partial charge in [-0.25, -0.2) is 0 Å². The molecule has 116 valence electrons. The molecule has 2 rings (SSSR count). The molecule has 2 aliphatic heterocycles. The normalized spacial score (nSPS) is 22.6. The molecule has 2 saturated heterocycles. The highest BCUT2D eigenvalue weighted by atomic mass is 35.5. The van der Waals surface area contributed by atoms with Crippen LogP contribution in [-0.4, -0.2) is 67.0 Å². The highest BCUT2D eigenvalue weighted by Crippen LogP contribution is 2.17. The van der Waals surface area contributed by atoms with E-state index in [0.29, 0.717) is 45.7 Å². The summed E-state index contributed by atoms with van der Waals surface area (Å²) in [7, 11) is 0. The molecule has 0 aromatic heterocycles. The molecular formula is C13H24ClN3O3. The quantitative estimate of drug-likeness (QED) is 0.793. The highest BCUT2D eigenvalue weighted by Gasteiger charge is 2.28. The Bertz CT molecular complexity index is 335. The third kappa shape index (κ3) is 4.33. The summed E-state index contributed by atoms with van der Waals surface area (Å²) in [4.78, 5) is 27.6. The van der Waals surface area contributed by atoms with E-state index in [-0.39, 0.29) is 30.3 Å². The zero-order valence-electron chi connectivity index (χ0n) is 11.8. The van der Waals surface area contributed by atoms with Crippen molar-refractivity contribution in [1.29, 1.82) is 0 Å². The van der Waals surface area contributed by atoms with Gasteiger partial charge in [0.25, 0.3) is 0 Å². The summed E-state index contributed by atoms with van der Waals surface area (Å²) in [5.74, 6) is 0.120. The number of halogens is 1. The van der Waals surface area contributed by atoms with E-state index in [9.17, 15) is 9.59 Å². The molecule has 2 fully saturated rings. The molecule has 2 heterocycles. The molecule has 0 aliphatic carbocycles. The molecule has 0 radical (unpaired) electrons. The zero-order chi connectivity index (χ0) is 13.7. The average molecular weight is 306 g/mol. The molecule has 1 atom stereocenters. The molecule has 20 heavy (non-hydrogen) atoms. The lowest BCUT2D eigenvalue weighted by molar-refractivity contribution is -0.139. The van der Waals surface area contributed by atoms with E-state index in [1.165, 1.54) is 0 Å². The predicted octanol–water partition coefficient (Wildman–Crippen LogP) is -0.00310. The number of likely N-dealkylation sites (tertiary alicyclic amines) is 1. The summed E-state index contributed by atoms with van der Waals surface area (Å²) in [6.07, 6.45) is 2.60. The van der Waals surface area contributed by atoms with Gasteiger partial charge in [0.2, 0.25) is 11.8 Å². The SMILES string of the molecule is Cl.NCC1CCCN1C(=O)CCC(=O)N1CCOCC1. The lowest BCUT2D eigenvalue weighted by Gasteiger charge is -2.27. The Morgan fingerprint density at radius 2 is 1.75 bits per heavy atom. The van der Waals surface area contributed by atoms with Gasteiger partial charge in [0, 0.05) is 45.1 Å². The van der Waals surface area contributed by atoms with Gasteiger partial charge in [-0.05, 0) is 12.8 Å². The van der Waals surface area contributed by atoms with Crippen LogP contribution in [0, 0.1) is 0 Å². The number of morpholine rings is 1. The summed E-state index contributed by atoms with van der Waals surface area (Å²) in [6.45, 7) is 3.78. The average Bonchev–Trinajstić information content (AvgIpc) is 2.93. The molecular weight excluding hydrogens is 282 g/mol. The maximum absolute atomic E-state index is 12.1. The maximum Gasteiger partial charge on any atom is 0.223 e. The molecule has 2 amide bonds. The number of nitrogens with zero attached hydrogens (tertiary/aromatic N) is 2. The third-order valence-electron chi connectivity index (χ3n) is 3.89. The van der Waals surface area contributed by atoms with Crippen LogP contribution >= 0.6 is 12.4 Å². The zero-order valence-corrected chi connectivity index (χ0v) is 12.6. The van der Waals surface area contributed by atoms with Gasteiger partial charge in [-0.2, -0.15) is 0 Å². The Morgan fingerprint density at radius 3 is 2.40 bits per heavy atom. The van der Waals surface area contributed by atoms with Crippen LogP contribution in [0.15, 0.2) is 0 Å². The number of hydrogen-bond donors (Lipinski definition) is 1. The van der Waals surface area contributed by atoms with Gasteiger partial charge in [-0.1, -0.05) is 0 Å². The van der Waals surface area contributed by atoms with Gasteiger partial charge in [-0.3, -0.25) is 9.59 Å². The molecule has 2 N–H and O–H groups in total. The van der Waals surface area contributed by atoms with Crippen LogP contribution in [0.5, 0.6) is 0 Å². The fraction of sp³-hybridized carbons (Fsp3) is 0.846. The minimum atomic E-state index is 0. The van der Waals surface area contributed by atoms with Crippen LogP contribution in [0.3, 0.4) is 0 Å². The first-order valence-electron chi connectivity index (χ1n) is 7.07. The molecule has 6 nitrogen and oxygen atoms in total. The van der Waals surface area contributed by atoms with Crippen molar-refractivity contribution in [2.75, 3.05) is 39.4 Å². The summed E-state index contributed by atoms with van der Waals surface area (Å²) in [5.41, 5.74) is 5.65. The van der Waals surface area contributed by atoms with Crippen molar-refractivity contribution in [2.24, 2.45) is 5.73 Å². The Kier molecular flexibility index (Phi) is 7.26. The Balaban J connectivity index is 0.00000200. The largest absolute Gasteiger partial charge is 0.378 e. The van der Waals surface area contributed by atoms with E-state index in [2.05, 4.69) is 0 Å². The molecule has 0 bridgehead atoms. The Labute approximate surface area is 126 Å². The van der Waals surface area contributed by atoms with Gasteiger partial charge in [-0.15, -0.1) is 12.4 Å². The lowest BCUT2D eigenvalue weighted by Crippen LogP contribution is -2.42. The molecule has 1 unspecified atom stereocenters. The number of carbonyl (C=O) groups excluding carboxylic acids is 2. The second-order valence-corrected chi connectivity index (χ2v) is 5.11. The first-order valence-corrected chi connectivity index (χ1v) is 7.07. The van der Waals surface area contributed by atoms with E-state index in [0.717, 1.165) is 19.4 Å². The molecule has 7 heteroatoms. The van der Waals surface area contributed by atoms with E-state index in [1.54, 1.807) is 4.90 Å². The van der Waals surface area contributed by atoms with Crippen LogP contribution < -0.4 is 5.73 Å². The number of ether oxygens (including phenoxy) is 1. The van der Waals surface area contributed by atoms with Crippen molar-refractivity contribution in [3.63, 3.8) is 0 Å². The summed E-state index contributed by atoms with van der Waals surface area (Å²) < 4.78 is 5.20. The van der Waals surface area contributed by atoms with Crippen LogP contribution in [0.2, 0.25) is 0 Å². The molecule has 0 spiro atoms. The summed E-state index contributed by atoms with van der Waals surface area (Å²) >= 11 is 0. The standard InChI is InChI=1S/C13H23N3O3.ClH/c14-10-11-2-1-5-16(11)13(18)4-3-12(17)15-6-8-19-9-7-15;/h11H,1-10,14H2;1H. The van der Waals surface area contributed by atoms with E-state index in [4.69, 9.17) is 10.5 Å². The van der Waals surface area contributed by atoms with Gasteiger partial charge in [0.05, 0.1) is 13.2 Å². The number of nitrogens with two attached hydrogens (primary N) is 1. The van der Waals surface area contributed by atoms with Gasteiger partial charge >= 0.3 is 0 Å². The van der Waals surface area contributed by atoms with Crippen molar-refractivity contribution in [2.45, 2.75) is 31.7 Å². The summed E-state index contributed by atoms with van der Waals surface area (Å²) in [5, 5.41) is 0. The van der Waals surface area contributed by atoms with E-state index in [1.807, 2.05) is 4.90 Å². The highest BCUT2D eigenvalue weighted by molar-refractivity contribution is 5.85. The Morgan fingerprint density at radius 1 is 1.10 bits per heavy atom. The van der Waals surface area contributed by atoms with Crippen molar-refractivity contribution in [3.8, 4) is 0 Å². The first-order chi connectivity index (χ1) is 9.22. The lowest BCUT2D eigenvalue weighted by atomic mass is 10.2. The smallest absolute Gasteiger partial charge is 0.223 e. The second-order valence-electron chi connectivity index (χ2n) is 5.11. The minimum Gasteiger partial charge on any atom is -0.378 e. The van der Waals surface area contributed by atoms with E-state index >= 15 is 0 Å². The number of amides is 2. The van der Waals surface area contributed by atoms with Crippen molar-refractivity contribution < 1.29 is 14.3 Å². The van der Waals surface area contributed by atoms with Crippen molar-refractivity contribution >= 4 is 24.2 Å². The topological polar surface area (TPSA) is 75.9 Å². The number of rotatable bonds is 4. The van der Waals surface area contributed by atoms with Crippen molar-refractivity contribution in [3.05, 3.63) is 0 Å². The predicted molar refractivity (Wildman–Crippen MR) is 77.7 cm³/mol. The summed E-state index contributed by atoms with van der Waals surface area (Å²) in [6, 6.07) is 0.172. The monoisotopic (exact) mass is 305 g/mol. The van der Waals surface area contributed by atoms with Crippen LogP contribution in [0.4, 0.5) is 0 Å². The molecule has 0 aromatic carbocycles.